The monoisotopic (exact) mass is 1180 g/mol. The zero-order valence-corrected chi connectivity index (χ0v) is 52.1. The fraction of sp³-hybridized carbons (Fsp3) is 0.729. The van der Waals surface area contributed by atoms with Crippen molar-refractivity contribution in [3.8, 4) is 0 Å². The van der Waals surface area contributed by atoms with Crippen molar-refractivity contribution in [2.45, 2.75) is 306 Å². The van der Waals surface area contributed by atoms with Gasteiger partial charge in [-0.2, -0.15) is 0 Å². The minimum absolute atomic E-state index is 0.241. The van der Waals surface area contributed by atoms with Crippen LogP contribution in [-0.4, -0.2) is 140 Å². The van der Waals surface area contributed by atoms with Crippen molar-refractivity contribution >= 4 is 5.91 Å². The lowest BCUT2D eigenvalue weighted by molar-refractivity contribution is -0.359. The zero-order valence-electron chi connectivity index (χ0n) is 52.1. The summed E-state index contributed by atoms with van der Waals surface area (Å²) in [7, 11) is 0. The van der Waals surface area contributed by atoms with Crippen LogP contribution in [0.4, 0.5) is 0 Å². The molecule has 2 heterocycles. The van der Waals surface area contributed by atoms with E-state index in [1.807, 2.05) is 0 Å². The van der Waals surface area contributed by atoms with Gasteiger partial charge in [0, 0.05) is 6.42 Å². The molecule has 84 heavy (non-hydrogen) atoms. The van der Waals surface area contributed by atoms with E-state index >= 15 is 0 Å². The summed E-state index contributed by atoms with van der Waals surface area (Å²) in [5.41, 5.74) is 0. The quantitative estimate of drug-likeness (QED) is 0.0204. The molecule has 0 bridgehead atoms. The van der Waals surface area contributed by atoms with Crippen molar-refractivity contribution in [3.63, 3.8) is 0 Å². The van der Waals surface area contributed by atoms with Crippen molar-refractivity contribution in [2.75, 3.05) is 19.8 Å². The number of hydrogen-bond acceptors (Lipinski definition) is 13. The molecule has 2 fully saturated rings. The number of rotatable bonds is 52. The third-order valence-corrected chi connectivity index (χ3v) is 15.5. The largest absolute Gasteiger partial charge is 0.394 e. The van der Waals surface area contributed by atoms with E-state index in [0.717, 1.165) is 103 Å². The molecule has 1 amide bonds. The van der Waals surface area contributed by atoms with Gasteiger partial charge >= 0.3 is 0 Å². The van der Waals surface area contributed by atoms with Crippen LogP contribution in [-0.2, 0) is 23.7 Å². The van der Waals surface area contributed by atoms with Gasteiger partial charge in [0.15, 0.2) is 12.6 Å². The molecule has 14 nitrogen and oxygen atoms in total. The van der Waals surface area contributed by atoms with Crippen LogP contribution in [0.2, 0.25) is 0 Å². The lowest BCUT2D eigenvalue weighted by Crippen LogP contribution is -2.65. The smallest absolute Gasteiger partial charge is 0.220 e. The molecule has 2 rings (SSSR count). The molecular formula is C70H119NO13. The molecule has 0 aromatic heterocycles. The minimum atomic E-state index is -1.79. The number of carbonyl (C=O) groups is 1. The lowest BCUT2D eigenvalue weighted by atomic mass is 9.97. The maximum absolute atomic E-state index is 13.3. The Hall–Kier alpha value is -3.35. The molecule has 0 spiro atoms. The van der Waals surface area contributed by atoms with Crippen LogP contribution in [0.5, 0.6) is 0 Å². The molecule has 2 saturated heterocycles. The summed E-state index contributed by atoms with van der Waals surface area (Å²) in [6, 6.07) is -0.856. The maximum Gasteiger partial charge on any atom is 0.220 e. The molecule has 0 radical (unpaired) electrons. The second kappa shape index (κ2) is 53.9. The molecule has 482 valence electrons. The predicted octanol–water partition coefficient (Wildman–Crippen LogP) is 12.8. The molecule has 0 aromatic carbocycles. The van der Waals surface area contributed by atoms with E-state index in [1.54, 1.807) is 0 Å². The summed E-state index contributed by atoms with van der Waals surface area (Å²) in [5, 5.41) is 87.5. The molecule has 14 heteroatoms. The normalized spacial score (nSPS) is 24.4. The van der Waals surface area contributed by atoms with Crippen LogP contribution in [0.3, 0.4) is 0 Å². The minimum Gasteiger partial charge on any atom is -0.394 e. The summed E-state index contributed by atoms with van der Waals surface area (Å²) in [4.78, 5) is 13.3. The highest BCUT2D eigenvalue weighted by Crippen LogP contribution is 2.30. The Morgan fingerprint density at radius 3 is 1.25 bits per heavy atom. The SMILES string of the molecule is CC/C=C\C/C=C\C/C=C\C/C=C\C/C=C\C/C=C\C/C=C\C/C=C\C/C=C\CCCCCC(=O)NC(COC1OC(CO)C(OC2OC(CO)C(O)C(O)C2O)C(O)C1O)C(O)CCCCCCCCCCCCCCCCCCCCC. The van der Waals surface area contributed by atoms with Crippen molar-refractivity contribution < 1.29 is 64.6 Å². The summed E-state index contributed by atoms with van der Waals surface area (Å²) < 4.78 is 22.9. The fourth-order valence-electron chi connectivity index (χ4n) is 10.2. The van der Waals surface area contributed by atoms with E-state index in [4.69, 9.17) is 18.9 Å². The number of unbranched alkanes of at least 4 members (excludes halogenated alkanes) is 21. The van der Waals surface area contributed by atoms with Gasteiger partial charge in [-0.05, 0) is 83.5 Å². The predicted molar refractivity (Wildman–Crippen MR) is 341 cm³/mol. The molecule has 2 aliphatic heterocycles. The first-order valence-electron chi connectivity index (χ1n) is 33.1. The van der Waals surface area contributed by atoms with Crippen molar-refractivity contribution in [1.82, 2.24) is 5.32 Å². The van der Waals surface area contributed by atoms with Crippen molar-refractivity contribution in [1.29, 1.82) is 0 Å². The highest BCUT2D eigenvalue weighted by atomic mass is 16.7. The molecule has 0 saturated carbocycles. The van der Waals surface area contributed by atoms with Crippen molar-refractivity contribution in [3.05, 3.63) is 109 Å². The summed E-state index contributed by atoms with van der Waals surface area (Å²) in [6.45, 7) is 2.73. The second-order valence-corrected chi connectivity index (χ2v) is 22.9. The molecular weight excluding hydrogens is 1060 g/mol. The summed E-state index contributed by atoms with van der Waals surface area (Å²) in [5.74, 6) is -0.241. The van der Waals surface area contributed by atoms with Crippen LogP contribution in [0.15, 0.2) is 109 Å². The first-order chi connectivity index (χ1) is 41.1. The number of aliphatic hydroxyl groups excluding tert-OH is 8. The first kappa shape index (κ1) is 76.7. The Morgan fingerprint density at radius 2 is 0.821 bits per heavy atom. The Kier molecular flexibility index (Phi) is 49.2. The van der Waals surface area contributed by atoms with Crippen molar-refractivity contribution in [2.24, 2.45) is 0 Å². The molecule has 0 aliphatic carbocycles. The molecule has 0 aromatic rings. The Labute approximate surface area is 508 Å². The number of allylic oxidation sites excluding steroid dienone is 18. The number of amides is 1. The van der Waals surface area contributed by atoms with E-state index in [-0.39, 0.29) is 18.9 Å². The average molecular weight is 1180 g/mol. The Morgan fingerprint density at radius 1 is 0.440 bits per heavy atom. The second-order valence-electron chi connectivity index (χ2n) is 22.9. The highest BCUT2D eigenvalue weighted by molar-refractivity contribution is 5.76. The number of ether oxygens (including phenoxy) is 4. The number of hydrogen-bond donors (Lipinski definition) is 9. The summed E-state index contributed by atoms with van der Waals surface area (Å²) in [6.07, 6.45) is 59.4. The van der Waals surface area contributed by atoms with E-state index < -0.39 is 86.8 Å². The van der Waals surface area contributed by atoms with Gasteiger partial charge in [0.2, 0.25) is 5.91 Å². The fourth-order valence-corrected chi connectivity index (χ4v) is 10.2. The third kappa shape index (κ3) is 38.0. The highest BCUT2D eigenvalue weighted by Gasteiger charge is 2.51. The van der Waals surface area contributed by atoms with Crippen LogP contribution in [0.1, 0.15) is 232 Å². The van der Waals surface area contributed by atoms with Gasteiger partial charge in [-0.1, -0.05) is 252 Å². The van der Waals surface area contributed by atoms with Gasteiger partial charge < -0.3 is 65.1 Å². The lowest BCUT2D eigenvalue weighted by Gasteiger charge is -2.46. The molecule has 12 atom stereocenters. The number of nitrogens with one attached hydrogen (secondary N) is 1. The van der Waals surface area contributed by atoms with Crippen LogP contribution in [0.25, 0.3) is 0 Å². The topological polar surface area (TPSA) is 228 Å². The van der Waals surface area contributed by atoms with E-state index in [1.165, 1.54) is 96.3 Å². The van der Waals surface area contributed by atoms with Gasteiger partial charge in [-0.3, -0.25) is 4.79 Å². The van der Waals surface area contributed by atoms with E-state index in [9.17, 15) is 45.6 Å². The summed E-state index contributed by atoms with van der Waals surface area (Å²) >= 11 is 0. The average Bonchev–Trinajstić information content (AvgIpc) is 3.18. The molecule has 2 aliphatic rings. The van der Waals surface area contributed by atoms with Crippen LogP contribution in [0, 0.1) is 0 Å². The Balaban J connectivity index is 1.73. The van der Waals surface area contributed by atoms with Gasteiger partial charge in [-0.15, -0.1) is 0 Å². The van der Waals surface area contributed by atoms with Crippen LogP contribution < -0.4 is 5.32 Å². The van der Waals surface area contributed by atoms with E-state index in [2.05, 4.69) is 129 Å². The van der Waals surface area contributed by atoms with E-state index in [0.29, 0.717) is 12.8 Å². The van der Waals surface area contributed by atoms with Gasteiger partial charge in [-0.25, -0.2) is 0 Å². The van der Waals surface area contributed by atoms with Crippen LogP contribution >= 0.6 is 0 Å². The molecule has 12 unspecified atom stereocenters. The first-order valence-corrected chi connectivity index (χ1v) is 33.1. The third-order valence-electron chi connectivity index (χ3n) is 15.5. The Bertz CT molecular complexity index is 1820. The number of aliphatic hydroxyl groups is 8. The zero-order chi connectivity index (χ0) is 60.9. The van der Waals surface area contributed by atoms with Gasteiger partial charge in [0.05, 0.1) is 32.0 Å². The van der Waals surface area contributed by atoms with Gasteiger partial charge in [0.1, 0.15) is 48.8 Å². The standard InChI is InChI=1S/C70H119NO13/c1-3-5-7-9-11-13-15-17-19-21-23-24-25-26-27-28-29-30-31-32-33-34-36-38-40-42-44-46-48-50-52-54-62(75)71-58(59(74)53-51-49-47-45-43-41-39-37-35-22-20-18-16-14-12-10-8-6-4-2)57-81-69-67(80)65(78)68(61(56-73)83-69)84-70-66(79)64(77)63(76)60(55-72)82-70/h5,7,11,13,17,19,23-24,26-27,29-30,32-33,36,38,42,44,58-61,63-70,72-74,76-80H,3-4,6,8-10,12,14-16,18,20-22,25,28,31,34-35,37,39-41,43,45-57H2,1-2H3,(H,71,75)/b7-5-,13-11-,19-17-,24-23-,27-26-,30-29-,33-32-,38-36-,44-42-. The maximum atomic E-state index is 13.3. The molecule has 9 N–H and O–H groups in total. The number of carbonyl (C=O) groups excluding carboxylic acids is 1. The van der Waals surface area contributed by atoms with Gasteiger partial charge in [0.25, 0.3) is 0 Å².